The number of amides is 1. The first-order valence-electron chi connectivity index (χ1n) is 7.89. The molecule has 0 unspecified atom stereocenters. The molecule has 0 radical (unpaired) electrons. The molecule has 8 heteroatoms. The number of carbonyl (C=O) groups excluding carboxylic acids is 1. The average Bonchev–Trinajstić information content (AvgIpc) is 2.61. The minimum atomic E-state index is -3.86. The van der Waals surface area contributed by atoms with Gasteiger partial charge in [-0.25, -0.2) is 12.8 Å². The molecule has 1 N–H and O–H groups in total. The van der Waals surface area contributed by atoms with E-state index in [9.17, 15) is 17.6 Å². The van der Waals surface area contributed by atoms with Gasteiger partial charge in [0.15, 0.2) is 0 Å². The Hall–Kier alpha value is -1.90. The third kappa shape index (κ3) is 5.06. The number of hydrogen-bond donors (Lipinski definition) is 1. The summed E-state index contributed by atoms with van der Waals surface area (Å²) in [7, 11) is -2.54. The van der Waals surface area contributed by atoms with Crippen LogP contribution in [0.5, 0.6) is 0 Å². The Bertz CT molecular complexity index is 853. The number of benzene rings is 2. The highest BCUT2D eigenvalue weighted by Crippen LogP contribution is 2.19. The number of rotatable bonds is 7. The Balaban J connectivity index is 2.00. The fourth-order valence-corrected chi connectivity index (χ4v) is 3.87. The van der Waals surface area contributed by atoms with Crippen molar-refractivity contribution >= 4 is 27.7 Å². The van der Waals surface area contributed by atoms with E-state index in [-0.39, 0.29) is 17.5 Å². The molecule has 2 aromatic carbocycles. The first-order valence-corrected chi connectivity index (χ1v) is 10.6. The van der Waals surface area contributed by atoms with Crippen LogP contribution in [-0.2, 0) is 14.8 Å². The fraction of sp³-hybridized carbons (Fsp3) is 0.278. The third-order valence-corrected chi connectivity index (χ3v) is 6.44. The Morgan fingerprint density at radius 1 is 1.15 bits per heavy atom. The molecule has 0 heterocycles. The van der Waals surface area contributed by atoms with Crippen LogP contribution in [-0.4, -0.2) is 38.5 Å². The Morgan fingerprint density at radius 3 is 2.27 bits per heavy atom. The topological polar surface area (TPSA) is 66.5 Å². The second kappa shape index (κ2) is 8.66. The van der Waals surface area contributed by atoms with E-state index in [2.05, 4.69) is 5.32 Å². The lowest BCUT2D eigenvalue weighted by Crippen LogP contribution is -2.39. The standard InChI is InChI=1S/C18H21FN2O3S2/c1-13(14-4-8-16(25-3)9-5-14)20-18(22)12-21(2)26(23,24)17-10-6-15(19)7-11-17/h4-11,13H,12H2,1-3H3,(H,20,22)/t13-/m1/s1. The van der Waals surface area contributed by atoms with E-state index >= 15 is 0 Å². The van der Waals surface area contributed by atoms with Crippen LogP contribution in [0.15, 0.2) is 58.3 Å². The van der Waals surface area contributed by atoms with Gasteiger partial charge in [0.25, 0.3) is 0 Å². The SMILES string of the molecule is CSc1ccc([C@@H](C)NC(=O)CN(C)S(=O)(=O)c2ccc(F)cc2)cc1. The van der Waals surface area contributed by atoms with Crippen molar-refractivity contribution in [2.75, 3.05) is 19.8 Å². The lowest BCUT2D eigenvalue weighted by atomic mass is 10.1. The van der Waals surface area contributed by atoms with Gasteiger partial charge in [-0.1, -0.05) is 12.1 Å². The number of thioether (sulfide) groups is 1. The van der Waals surface area contributed by atoms with E-state index in [0.717, 1.165) is 26.9 Å². The van der Waals surface area contributed by atoms with Gasteiger partial charge in [-0.15, -0.1) is 11.8 Å². The smallest absolute Gasteiger partial charge is 0.243 e. The molecule has 0 bridgehead atoms. The van der Waals surface area contributed by atoms with Crippen LogP contribution in [0, 0.1) is 5.82 Å². The molecule has 0 spiro atoms. The van der Waals surface area contributed by atoms with E-state index in [1.807, 2.05) is 37.4 Å². The lowest BCUT2D eigenvalue weighted by molar-refractivity contribution is -0.121. The second-order valence-corrected chi connectivity index (χ2v) is 8.70. The quantitative estimate of drug-likeness (QED) is 0.731. The van der Waals surface area contributed by atoms with Gasteiger partial charge in [0.05, 0.1) is 17.5 Å². The molecule has 2 rings (SSSR count). The molecular formula is C18H21FN2O3S2. The molecule has 26 heavy (non-hydrogen) atoms. The van der Waals surface area contributed by atoms with Crippen LogP contribution in [0.3, 0.4) is 0 Å². The number of nitrogens with one attached hydrogen (secondary N) is 1. The first kappa shape index (κ1) is 20.4. The molecule has 0 aliphatic carbocycles. The summed E-state index contributed by atoms with van der Waals surface area (Å²) >= 11 is 1.63. The molecule has 0 saturated heterocycles. The van der Waals surface area contributed by atoms with Gasteiger partial charge < -0.3 is 5.32 Å². The third-order valence-electron chi connectivity index (χ3n) is 3.88. The minimum Gasteiger partial charge on any atom is -0.348 e. The minimum absolute atomic E-state index is 0.0603. The molecule has 140 valence electrons. The summed E-state index contributed by atoms with van der Waals surface area (Å²) in [6.07, 6.45) is 1.98. The van der Waals surface area contributed by atoms with Crippen LogP contribution in [0.4, 0.5) is 4.39 Å². The highest BCUT2D eigenvalue weighted by atomic mass is 32.2. The van der Waals surface area contributed by atoms with Crippen molar-refractivity contribution in [1.29, 1.82) is 0 Å². The van der Waals surface area contributed by atoms with Gasteiger partial charge >= 0.3 is 0 Å². The molecule has 5 nitrogen and oxygen atoms in total. The summed E-state index contributed by atoms with van der Waals surface area (Å²) in [5.41, 5.74) is 0.931. The molecule has 1 amide bonds. The molecule has 0 fully saturated rings. The van der Waals surface area contributed by atoms with Crippen LogP contribution in [0.1, 0.15) is 18.5 Å². The average molecular weight is 397 g/mol. The number of nitrogens with zero attached hydrogens (tertiary/aromatic N) is 1. The van der Waals surface area contributed by atoms with Gasteiger partial charge in [-0.2, -0.15) is 4.31 Å². The zero-order chi connectivity index (χ0) is 19.3. The molecule has 1 atom stereocenters. The largest absolute Gasteiger partial charge is 0.348 e. The van der Waals surface area contributed by atoms with Crippen molar-refractivity contribution < 1.29 is 17.6 Å². The zero-order valence-corrected chi connectivity index (χ0v) is 16.4. The van der Waals surface area contributed by atoms with Crippen molar-refractivity contribution in [2.45, 2.75) is 22.8 Å². The van der Waals surface area contributed by atoms with Gasteiger partial charge in [-0.3, -0.25) is 4.79 Å². The summed E-state index contributed by atoms with van der Waals surface area (Å²) in [5.74, 6) is -0.940. The summed E-state index contributed by atoms with van der Waals surface area (Å²) < 4.78 is 38.8. The number of sulfonamides is 1. The first-order chi connectivity index (χ1) is 12.2. The molecule has 0 aliphatic rings. The van der Waals surface area contributed by atoms with Crippen LogP contribution in [0.25, 0.3) is 0 Å². The number of hydrogen-bond acceptors (Lipinski definition) is 4. The highest BCUT2D eigenvalue weighted by molar-refractivity contribution is 7.98. The summed E-state index contributed by atoms with van der Waals surface area (Å²) in [6, 6.07) is 12.0. The Morgan fingerprint density at radius 2 is 1.73 bits per heavy atom. The predicted molar refractivity (Wildman–Crippen MR) is 101 cm³/mol. The Labute approximate surface area is 157 Å². The fourth-order valence-electron chi connectivity index (χ4n) is 2.34. The molecular weight excluding hydrogens is 375 g/mol. The maximum Gasteiger partial charge on any atom is 0.243 e. The summed E-state index contributed by atoms with van der Waals surface area (Å²) in [6.45, 7) is 1.51. The van der Waals surface area contributed by atoms with Crippen LogP contribution >= 0.6 is 11.8 Å². The number of carbonyl (C=O) groups is 1. The molecule has 0 saturated carbocycles. The van der Waals surface area contributed by atoms with E-state index < -0.39 is 21.7 Å². The van der Waals surface area contributed by atoms with Crippen molar-refractivity contribution in [3.05, 3.63) is 59.9 Å². The van der Waals surface area contributed by atoms with E-state index in [4.69, 9.17) is 0 Å². The maximum absolute atomic E-state index is 13.0. The number of likely N-dealkylation sites (N-methyl/N-ethyl adjacent to an activating group) is 1. The predicted octanol–water partition coefficient (Wildman–Crippen LogP) is 3.05. The van der Waals surface area contributed by atoms with Crippen molar-refractivity contribution in [3.63, 3.8) is 0 Å². The summed E-state index contributed by atoms with van der Waals surface area (Å²) in [5, 5.41) is 2.79. The normalized spacial score (nSPS) is 12.8. The molecule has 2 aromatic rings. The Kier molecular flexibility index (Phi) is 6.80. The monoisotopic (exact) mass is 396 g/mol. The van der Waals surface area contributed by atoms with Gasteiger partial charge in [0.2, 0.25) is 15.9 Å². The molecule has 0 aliphatic heterocycles. The van der Waals surface area contributed by atoms with E-state index in [0.29, 0.717) is 0 Å². The van der Waals surface area contributed by atoms with Crippen LogP contribution in [0.2, 0.25) is 0 Å². The second-order valence-electron chi connectivity index (χ2n) is 5.78. The zero-order valence-electron chi connectivity index (χ0n) is 14.8. The number of halogens is 1. The highest BCUT2D eigenvalue weighted by Gasteiger charge is 2.23. The van der Waals surface area contributed by atoms with E-state index in [1.54, 1.807) is 11.8 Å². The van der Waals surface area contributed by atoms with Gasteiger partial charge in [-0.05, 0) is 55.1 Å². The van der Waals surface area contributed by atoms with Crippen LogP contribution < -0.4 is 5.32 Å². The van der Waals surface area contributed by atoms with Crippen molar-refractivity contribution in [1.82, 2.24) is 9.62 Å². The maximum atomic E-state index is 13.0. The van der Waals surface area contributed by atoms with Crippen molar-refractivity contribution in [3.8, 4) is 0 Å². The molecule has 0 aromatic heterocycles. The lowest BCUT2D eigenvalue weighted by Gasteiger charge is -2.19. The van der Waals surface area contributed by atoms with Gasteiger partial charge in [0.1, 0.15) is 5.82 Å². The summed E-state index contributed by atoms with van der Waals surface area (Å²) in [4.78, 5) is 13.3. The van der Waals surface area contributed by atoms with E-state index in [1.165, 1.54) is 19.2 Å². The van der Waals surface area contributed by atoms with Crippen molar-refractivity contribution in [2.24, 2.45) is 0 Å². The van der Waals surface area contributed by atoms with Gasteiger partial charge in [0, 0.05) is 11.9 Å².